The molecule has 0 amide bonds. The van der Waals surface area contributed by atoms with E-state index in [0.29, 0.717) is 6.54 Å². The number of hydrogen-bond acceptors (Lipinski definition) is 3. The second-order valence-corrected chi connectivity index (χ2v) is 6.51. The standard InChI is InChI=1S/C18H24N2O2/c1-11-6-5-7-15-17(11)19-14(4)16(18(15)21)10-20-8-12(2)22-13(3)9-20/h5-7,12-13H,8-10H2,1-4H3,(H,19,21)/t12-,13-/m1/s1. The number of benzene rings is 1. The molecule has 1 N–H and O–H groups in total. The summed E-state index contributed by atoms with van der Waals surface area (Å²) in [5.41, 5.74) is 4.06. The Morgan fingerprint density at radius 1 is 1.23 bits per heavy atom. The van der Waals surface area contributed by atoms with Crippen LogP contribution in [0.5, 0.6) is 0 Å². The van der Waals surface area contributed by atoms with Crippen LogP contribution in [0.25, 0.3) is 10.9 Å². The molecule has 0 spiro atoms. The van der Waals surface area contributed by atoms with Gasteiger partial charge in [-0.1, -0.05) is 12.1 Å². The summed E-state index contributed by atoms with van der Waals surface area (Å²) < 4.78 is 5.77. The van der Waals surface area contributed by atoms with Crippen LogP contribution in [0, 0.1) is 13.8 Å². The van der Waals surface area contributed by atoms with Gasteiger partial charge in [0, 0.05) is 36.3 Å². The summed E-state index contributed by atoms with van der Waals surface area (Å²) >= 11 is 0. The van der Waals surface area contributed by atoms with Crippen molar-refractivity contribution >= 4 is 10.9 Å². The lowest BCUT2D eigenvalue weighted by atomic mass is 10.0. The Bertz CT molecular complexity index is 741. The lowest BCUT2D eigenvalue weighted by Gasteiger charge is -2.35. The highest BCUT2D eigenvalue weighted by Crippen LogP contribution is 2.18. The smallest absolute Gasteiger partial charge is 0.194 e. The maximum absolute atomic E-state index is 12.9. The van der Waals surface area contributed by atoms with Crippen molar-refractivity contribution in [3.05, 3.63) is 45.2 Å². The van der Waals surface area contributed by atoms with Crippen molar-refractivity contribution in [1.29, 1.82) is 0 Å². The molecule has 0 saturated carbocycles. The fourth-order valence-electron chi connectivity index (χ4n) is 3.45. The first kappa shape index (κ1) is 15.3. The molecule has 1 aliphatic rings. The third-order valence-electron chi connectivity index (χ3n) is 4.43. The molecule has 0 unspecified atom stereocenters. The van der Waals surface area contributed by atoms with Crippen molar-refractivity contribution in [2.75, 3.05) is 13.1 Å². The van der Waals surface area contributed by atoms with Gasteiger partial charge in [-0.15, -0.1) is 0 Å². The van der Waals surface area contributed by atoms with Gasteiger partial charge in [0.1, 0.15) is 0 Å². The lowest BCUT2D eigenvalue weighted by molar-refractivity contribution is -0.0706. The topological polar surface area (TPSA) is 45.3 Å². The number of fused-ring (bicyclic) bond motifs is 1. The van der Waals surface area contributed by atoms with E-state index in [0.717, 1.165) is 40.8 Å². The monoisotopic (exact) mass is 300 g/mol. The predicted molar refractivity (Wildman–Crippen MR) is 89.3 cm³/mol. The number of aryl methyl sites for hydroxylation is 2. The number of morpholine rings is 1. The number of hydrogen-bond donors (Lipinski definition) is 1. The van der Waals surface area contributed by atoms with Gasteiger partial charge < -0.3 is 9.72 Å². The van der Waals surface area contributed by atoms with Gasteiger partial charge in [-0.3, -0.25) is 9.69 Å². The minimum atomic E-state index is 0.154. The Balaban J connectivity index is 1.99. The summed E-state index contributed by atoms with van der Waals surface area (Å²) in [5.74, 6) is 0. The van der Waals surface area contributed by atoms with E-state index in [2.05, 4.69) is 23.7 Å². The number of H-pyrrole nitrogens is 1. The molecule has 1 fully saturated rings. The zero-order chi connectivity index (χ0) is 15.9. The first-order valence-electron chi connectivity index (χ1n) is 7.94. The molecule has 2 aromatic rings. The first-order chi connectivity index (χ1) is 10.5. The number of aromatic amines is 1. The summed E-state index contributed by atoms with van der Waals surface area (Å²) in [6.45, 7) is 10.6. The van der Waals surface area contributed by atoms with Gasteiger partial charge in [0.05, 0.1) is 17.7 Å². The third kappa shape index (κ3) is 2.81. The number of para-hydroxylation sites is 1. The van der Waals surface area contributed by atoms with E-state index < -0.39 is 0 Å². The molecule has 1 aromatic heterocycles. The Labute approximate surface area is 131 Å². The SMILES string of the molecule is Cc1[nH]c2c(C)cccc2c(=O)c1CN1C[C@@H](C)O[C@H](C)C1. The highest BCUT2D eigenvalue weighted by molar-refractivity contribution is 5.82. The van der Waals surface area contributed by atoms with Crippen molar-refractivity contribution in [3.8, 4) is 0 Å². The van der Waals surface area contributed by atoms with Gasteiger partial charge in [-0.25, -0.2) is 0 Å². The average Bonchev–Trinajstić information content (AvgIpc) is 2.44. The molecular formula is C18H24N2O2. The van der Waals surface area contributed by atoms with Crippen molar-refractivity contribution in [3.63, 3.8) is 0 Å². The fourth-order valence-corrected chi connectivity index (χ4v) is 3.45. The van der Waals surface area contributed by atoms with Crippen molar-refractivity contribution < 1.29 is 4.74 Å². The molecule has 0 aliphatic carbocycles. The fraction of sp³-hybridized carbons (Fsp3) is 0.500. The van der Waals surface area contributed by atoms with Crippen LogP contribution in [0.1, 0.15) is 30.7 Å². The Morgan fingerprint density at radius 3 is 2.59 bits per heavy atom. The maximum atomic E-state index is 12.9. The average molecular weight is 300 g/mol. The minimum Gasteiger partial charge on any atom is -0.373 e. The van der Waals surface area contributed by atoms with Gasteiger partial charge >= 0.3 is 0 Å². The van der Waals surface area contributed by atoms with Crippen molar-refractivity contribution in [2.24, 2.45) is 0 Å². The van der Waals surface area contributed by atoms with E-state index in [1.807, 2.05) is 32.0 Å². The summed E-state index contributed by atoms with van der Waals surface area (Å²) in [5, 5.41) is 0.787. The highest BCUT2D eigenvalue weighted by Gasteiger charge is 2.23. The summed E-state index contributed by atoms with van der Waals surface area (Å²) in [7, 11) is 0. The summed E-state index contributed by atoms with van der Waals surface area (Å²) in [4.78, 5) is 18.6. The van der Waals surface area contributed by atoms with E-state index in [9.17, 15) is 4.79 Å². The second kappa shape index (κ2) is 5.86. The Morgan fingerprint density at radius 2 is 1.91 bits per heavy atom. The van der Waals surface area contributed by atoms with Crippen LogP contribution in [-0.2, 0) is 11.3 Å². The van der Waals surface area contributed by atoms with Gasteiger partial charge in [0.15, 0.2) is 5.43 Å². The molecule has 2 heterocycles. The van der Waals surface area contributed by atoms with E-state index in [1.54, 1.807) is 0 Å². The summed E-state index contributed by atoms with van der Waals surface area (Å²) in [6, 6.07) is 5.89. The van der Waals surface area contributed by atoms with Crippen molar-refractivity contribution in [2.45, 2.75) is 46.4 Å². The molecule has 4 heteroatoms. The molecular weight excluding hydrogens is 276 g/mol. The quantitative estimate of drug-likeness (QED) is 0.927. The highest BCUT2D eigenvalue weighted by atomic mass is 16.5. The molecule has 2 atom stereocenters. The molecule has 4 nitrogen and oxygen atoms in total. The number of nitrogens with zero attached hydrogens (tertiary/aromatic N) is 1. The number of pyridine rings is 1. The van der Waals surface area contributed by atoms with Crippen LogP contribution >= 0.6 is 0 Å². The summed E-state index contributed by atoms with van der Waals surface area (Å²) in [6.07, 6.45) is 0.427. The normalized spacial score (nSPS) is 23.1. The van der Waals surface area contributed by atoms with E-state index in [1.165, 1.54) is 0 Å². The Hall–Kier alpha value is -1.65. The van der Waals surface area contributed by atoms with Crippen LogP contribution in [-0.4, -0.2) is 35.2 Å². The van der Waals surface area contributed by atoms with Gasteiger partial charge in [0.2, 0.25) is 0 Å². The zero-order valence-corrected chi connectivity index (χ0v) is 13.8. The largest absolute Gasteiger partial charge is 0.373 e. The van der Waals surface area contributed by atoms with Crippen molar-refractivity contribution in [1.82, 2.24) is 9.88 Å². The molecule has 1 aliphatic heterocycles. The number of rotatable bonds is 2. The van der Waals surface area contributed by atoms with E-state index >= 15 is 0 Å². The molecule has 3 rings (SSSR count). The van der Waals surface area contributed by atoms with Gasteiger partial charge in [-0.05, 0) is 39.3 Å². The number of nitrogens with one attached hydrogen (secondary N) is 1. The van der Waals surface area contributed by atoms with Crippen LogP contribution < -0.4 is 5.43 Å². The molecule has 0 bridgehead atoms. The van der Waals surface area contributed by atoms with Crippen LogP contribution in [0.4, 0.5) is 0 Å². The van der Waals surface area contributed by atoms with Crippen LogP contribution in [0.15, 0.2) is 23.0 Å². The first-order valence-corrected chi connectivity index (χ1v) is 7.94. The van der Waals surface area contributed by atoms with E-state index in [-0.39, 0.29) is 17.6 Å². The lowest BCUT2D eigenvalue weighted by Crippen LogP contribution is -2.45. The van der Waals surface area contributed by atoms with Gasteiger partial charge in [-0.2, -0.15) is 0 Å². The number of aromatic nitrogens is 1. The predicted octanol–water partition coefficient (Wildman–Crippen LogP) is 2.75. The maximum Gasteiger partial charge on any atom is 0.194 e. The molecule has 1 aromatic carbocycles. The van der Waals surface area contributed by atoms with Crippen LogP contribution in [0.2, 0.25) is 0 Å². The van der Waals surface area contributed by atoms with Gasteiger partial charge in [0.25, 0.3) is 0 Å². The zero-order valence-electron chi connectivity index (χ0n) is 13.8. The molecule has 22 heavy (non-hydrogen) atoms. The third-order valence-corrected chi connectivity index (χ3v) is 4.43. The van der Waals surface area contributed by atoms with E-state index in [4.69, 9.17) is 4.74 Å². The molecule has 1 saturated heterocycles. The Kier molecular flexibility index (Phi) is 4.06. The second-order valence-electron chi connectivity index (χ2n) is 6.51. The molecule has 0 radical (unpaired) electrons. The number of ether oxygens (including phenoxy) is 1. The molecule has 118 valence electrons. The minimum absolute atomic E-state index is 0.154. The van der Waals surface area contributed by atoms with Crippen LogP contribution in [0.3, 0.4) is 0 Å².